The van der Waals surface area contributed by atoms with Gasteiger partial charge in [0, 0.05) is 37.9 Å². The third-order valence-electron chi connectivity index (χ3n) is 4.98. The SMILES string of the molecule is COc1ccc(CN2CCC3(CC2)OCCC[C@@H]3O)c(F)c1. The van der Waals surface area contributed by atoms with E-state index in [1.54, 1.807) is 12.1 Å². The predicted octanol–water partition coefficient (Wildman–Crippen LogP) is 2.34. The summed E-state index contributed by atoms with van der Waals surface area (Å²) in [6.07, 6.45) is 3.02. The summed E-state index contributed by atoms with van der Waals surface area (Å²) in [7, 11) is 1.54. The zero-order valence-electron chi connectivity index (χ0n) is 13.1. The van der Waals surface area contributed by atoms with E-state index in [4.69, 9.17) is 9.47 Å². The summed E-state index contributed by atoms with van der Waals surface area (Å²) in [6.45, 7) is 2.97. The van der Waals surface area contributed by atoms with Crippen molar-refractivity contribution in [2.75, 3.05) is 26.8 Å². The second kappa shape index (κ2) is 6.52. The van der Waals surface area contributed by atoms with Gasteiger partial charge in [-0.3, -0.25) is 4.90 Å². The van der Waals surface area contributed by atoms with E-state index in [1.807, 2.05) is 0 Å². The number of aliphatic hydroxyl groups excluding tert-OH is 1. The van der Waals surface area contributed by atoms with Crippen LogP contribution in [-0.2, 0) is 11.3 Å². The molecule has 122 valence electrons. The van der Waals surface area contributed by atoms with Crippen LogP contribution in [0.25, 0.3) is 0 Å². The molecular formula is C17H24FNO3. The predicted molar refractivity (Wildman–Crippen MR) is 81.4 cm³/mol. The number of halogens is 1. The van der Waals surface area contributed by atoms with Gasteiger partial charge >= 0.3 is 0 Å². The van der Waals surface area contributed by atoms with Crippen LogP contribution in [0.4, 0.5) is 4.39 Å². The molecule has 0 saturated carbocycles. The number of piperidine rings is 1. The molecule has 0 bridgehead atoms. The van der Waals surface area contributed by atoms with Gasteiger partial charge < -0.3 is 14.6 Å². The maximum absolute atomic E-state index is 14.0. The van der Waals surface area contributed by atoms with Gasteiger partial charge in [0.25, 0.3) is 0 Å². The van der Waals surface area contributed by atoms with Crippen LogP contribution in [-0.4, -0.2) is 48.5 Å². The minimum atomic E-state index is -0.368. The number of benzene rings is 1. The third-order valence-corrected chi connectivity index (χ3v) is 4.98. The Balaban J connectivity index is 1.60. The molecule has 0 aliphatic carbocycles. The molecule has 2 heterocycles. The van der Waals surface area contributed by atoms with Crippen molar-refractivity contribution in [3.63, 3.8) is 0 Å². The molecule has 0 aromatic heterocycles. The summed E-state index contributed by atoms with van der Waals surface area (Å²) in [6, 6.07) is 5.00. The smallest absolute Gasteiger partial charge is 0.131 e. The van der Waals surface area contributed by atoms with Crippen molar-refractivity contribution < 1.29 is 19.0 Å². The van der Waals surface area contributed by atoms with Crippen LogP contribution in [0.3, 0.4) is 0 Å². The number of nitrogens with zero attached hydrogens (tertiary/aromatic N) is 1. The van der Waals surface area contributed by atoms with Crippen molar-refractivity contribution >= 4 is 0 Å². The molecule has 3 rings (SSSR count). The standard InChI is InChI=1S/C17H24FNO3/c1-21-14-5-4-13(15(18)11-14)12-19-8-6-17(7-9-19)16(20)3-2-10-22-17/h4-5,11,16,20H,2-3,6-10,12H2,1H3/t16-/m0/s1. The fourth-order valence-electron chi connectivity index (χ4n) is 3.50. The van der Waals surface area contributed by atoms with Crippen LogP contribution in [0.1, 0.15) is 31.2 Å². The topological polar surface area (TPSA) is 41.9 Å². The van der Waals surface area contributed by atoms with Crippen LogP contribution in [0, 0.1) is 5.82 Å². The largest absolute Gasteiger partial charge is 0.497 e. The van der Waals surface area contributed by atoms with Crippen molar-refractivity contribution in [3.8, 4) is 5.75 Å². The normalized spacial score (nSPS) is 25.3. The minimum absolute atomic E-state index is 0.228. The van der Waals surface area contributed by atoms with Gasteiger partial charge in [-0.2, -0.15) is 0 Å². The molecule has 22 heavy (non-hydrogen) atoms. The molecule has 2 aliphatic rings. The Morgan fingerprint density at radius 1 is 1.41 bits per heavy atom. The molecule has 1 aromatic carbocycles. The van der Waals surface area contributed by atoms with Crippen molar-refractivity contribution in [2.45, 2.75) is 43.9 Å². The number of methoxy groups -OCH3 is 1. The molecule has 4 nitrogen and oxygen atoms in total. The zero-order valence-corrected chi connectivity index (χ0v) is 13.1. The van der Waals surface area contributed by atoms with E-state index < -0.39 is 0 Å². The number of rotatable bonds is 3. The number of hydrogen-bond acceptors (Lipinski definition) is 4. The summed E-state index contributed by atoms with van der Waals surface area (Å²) in [5, 5.41) is 10.2. The highest BCUT2D eigenvalue weighted by Crippen LogP contribution is 2.35. The van der Waals surface area contributed by atoms with E-state index in [1.165, 1.54) is 13.2 Å². The lowest BCUT2D eigenvalue weighted by atomic mass is 9.82. The van der Waals surface area contributed by atoms with E-state index in [2.05, 4.69) is 4.90 Å². The maximum atomic E-state index is 14.0. The van der Waals surface area contributed by atoms with E-state index in [0.717, 1.165) is 45.4 Å². The Bertz CT molecular complexity index is 515. The van der Waals surface area contributed by atoms with Crippen molar-refractivity contribution in [1.82, 2.24) is 4.90 Å². The first-order chi connectivity index (χ1) is 10.6. The molecule has 2 aliphatic heterocycles. The molecule has 0 radical (unpaired) electrons. The minimum Gasteiger partial charge on any atom is -0.497 e. The monoisotopic (exact) mass is 309 g/mol. The van der Waals surface area contributed by atoms with Crippen molar-refractivity contribution in [2.24, 2.45) is 0 Å². The summed E-state index contributed by atoms with van der Waals surface area (Å²) in [5.41, 5.74) is 0.314. The molecule has 5 heteroatoms. The maximum Gasteiger partial charge on any atom is 0.131 e. The van der Waals surface area contributed by atoms with Crippen molar-refractivity contribution in [3.05, 3.63) is 29.6 Å². The van der Waals surface area contributed by atoms with Gasteiger partial charge in [-0.05, 0) is 31.7 Å². The fraction of sp³-hybridized carbons (Fsp3) is 0.647. The first-order valence-corrected chi connectivity index (χ1v) is 8.00. The van der Waals surface area contributed by atoms with Gasteiger partial charge in [0.15, 0.2) is 0 Å². The molecule has 1 atom stereocenters. The highest BCUT2D eigenvalue weighted by atomic mass is 19.1. The number of aliphatic hydroxyl groups is 1. The second-order valence-electron chi connectivity index (χ2n) is 6.30. The van der Waals surface area contributed by atoms with Gasteiger partial charge in [0.2, 0.25) is 0 Å². The molecular weight excluding hydrogens is 285 g/mol. The first-order valence-electron chi connectivity index (χ1n) is 8.00. The Hall–Kier alpha value is -1.17. The van der Waals surface area contributed by atoms with Crippen LogP contribution in [0.2, 0.25) is 0 Å². The summed E-state index contributed by atoms with van der Waals surface area (Å²) in [4.78, 5) is 2.22. The van der Waals surface area contributed by atoms with Crippen LogP contribution >= 0.6 is 0 Å². The highest BCUT2D eigenvalue weighted by Gasteiger charge is 2.43. The second-order valence-corrected chi connectivity index (χ2v) is 6.30. The van der Waals surface area contributed by atoms with Gasteiger partial charge in [0.05, 0.1) is 18.8 Å². The van der Waals surface area contributed by atoms with Gasteiger partial charge in [-0.15, -0.1) is 0 Å². The van der Waals surface area contributed by atoms with E-state index in [9.17, 15) is 9.50 Å². The van der Waals surface area contributed by atoms with Gasteiger partial charge in [-0.25, -0.2) is 4.39 Å². The lowest BCUT2D eigenvalue weighted by Gasteiger charge is -2.46. The Morgan fingerprint density at radius 3 is 2.82 bits per heavy atom. The average Bonchev–Trinajstić information content (AvgIpc) is 2.54. The molecule has 0 unspecified atom stereocenters. The highest BCUT2D eigenvalue weighted by molar-refractivity contribution is 5.28. The third kappa shape index (κ3) is 3.12. The summed E-state index contributed by atoms with van der Waals surface area (Å²) < 4.78 is 25.0. The van der Waals surface area contributed by atoms with E-state index >= 15 is 0 Å². The molecule has 0 amide bonds. The van der Waals surface area contributed by atoms with Crippen LogP contribution < -0.4 is 4.74 Å². The van der Waals surface area contributed by atoms with Crippen LogP contribution in [0.15, 0.2) is 18.2 Å². The van der Waals surface area contributed by atoms with Crippen molar-refractivity contribution in [1.29, 1.82) is 0 Å². The quantitative estimate of drug-likeness (QED) is 0.930. The number of ether oxygens (including phenoxy) is 2. The summed E-state index contributed by atoms with van der Waals surface area (Å²) in [5.74, 6) is 0.311. The molecule has 2 fully saturated rings. The van der Waals surface area contributed by atoms with Crippen LogP contribution in [0.5, 0.6) is 5.75 Å². The summed E-state index contributed by atoms with van der Waals surface area (Å²) >= 11 is 0. The molecule has 2 saturated heterocycles. The van der Waals surface area contributed by atoms with E-state index in [0.29, 0.717) is 17.9 Å². The Morgan fingerprint density at radius 2 is 2.18 bits per heavy atom. The Kier molecular flexibility index (Phi) is 4.66. The lowest BCUT2D eigenvalue weighted by molar-refractivity contribution is -0.177. The lowest BCUT2D eigenvalue weighted by Crippen LogP contribution is -2.55. The first kappa shape index (κ1) is 15.7. The van der Waals surface area contributed by atoms with Gasteiger partial charge in [0.1, 0.15) is 11.6 Å². The molecule has 1 aromatic rings. The molecule has 1 spiro atoms. The number of hydrogen-bond donors (Lipinski definition) is 1. The average molecular weight is 309 g/mol. The number of likely N-dealkylation sites (tertiary alicyclic amines) is 1. The fourth-order valence-corrected chi connectivity index (χ4v) is 3.50. The molecule has 1 N–H and O–H groups in total. The Labute approximate surface area is 130 Å². The zero-order chi connectivity index (χ0) is 15.6. The van der Waals surface area contributed by atoms with E-state index in [-0.39, 0.29) is 17.5 Å². The van der Waals surface area contributed by atoms with Gasteiger partial charge in [-0.1, -0.05) is 6.07 Å².